The first-order valence-corrected chi connectivity index (χ1v) is 15.4. The number of nitrogens with zero attached hydrogens (tertiary/aromatic N) is 2. The summed E-state index contributed by atoms with van der Waals surface area (Å²) >= 11 is 0. The highest BCUT2D eigenvalue weighted by atomic mass is 16.7. The first-order chi connectivity index (χ1) is 21.3. The Balaban J connectivity index is 1.53. The number of amides is 1. The minimum atomic E-state index is -1.41. The van der Waals surface area contributed by atoms with Crippen LogP contribution in [-0.4, -0.2) is 151 Å². The van der Waals surface area contributed by atoms with Crippen LogP contribution in [0.4, 0.5) is 0 Å². The summed E-state index contributed by atoms with van der Waals surface area (Å²) in [7, 11) is 1.58. The summed E-state index contributed by atoms with van der Waals surface area (Å²) in [4.78, 5) is 16.8. The second-order valence-electron chi connectivity index (χ2n) is 12.4. The van der Waals surface area contributed by atoms with E-state index in [0.29, 0.717) is 17.2 Å². The molecule has 0 spiro atoms. The zero-order chi connectivity index (χ0) is 32.9. The van der Waals surface area contributed by atoms with Crippen molar-refractivity contribution in [1.29, 1.82) is 0 Å². The summed E-state index contributed by atoms with van der Waals surface area (Å²) in [5, 5.41) is 53.9. The van der Waals surface area contributed by atoms with Gasteiger partial charge >= 0.3 is 0 Å². The molecule has 3 aliphatic heterocycles. The van der Waals surface area contributed by atoms with E-state index in [1.807, 2.05) is 6.08 Å². The Kier molecular flexibility index (Phi) is 12.4. The van der Waals surface area contributed by atoms with Crippen molar-refractivity contribution in [2.24, 2.45) is 33.8 Å². The van der Waals surface area contributed by atoms with E-state index >= 15 is 0 Å². The van der Waals surface area contributed by atoms with E-state index in [-0.39, 0.29) is 57.1 Å². The van der Waals surface area contributed by atoms with Crippen molar-refractivity contribution >= 4 is 11.9 Å². The summed E-state index contributed by atoms with van der Waals surface area (Å²) in [6.07, 6.45) is -4.64. The van der Waals surface area contributed by atoms with E-state index in [9.17, 15) is 25.3 Å². The fraction of sp³-hybridized carbons (Fsp3) is 0.852. The molecule has 11 atom stereocenters. The van der Waals surface area contributed by atoms with Crippen LogP contribution < -0.4 is 38.9 Å². The molecule has 258 valence electrons. The van der Waals surface area contributed by atoms with Crippen molar-refractivity contribution in [3.63, 3.8) is 0 Å². The Morgan fingerprint density at radius 3 is 2.56 bits per heavy atom. The summed E-state index contributed by atoms with van der Waals surface area (Å²) in [6, 6.07) is -1.61. The van der Waals surface area contributed by atoms with Crippen LogP contribution in [0.1, 0.15) is 26.2 Å². The van der Waals surface area contributed by atoms with Crippen LogP contribution in [0, 0.1) is 5.92 Å². The fourth-order valence-electron chi connectivity index (χ4n) is 6.27. The van der Waals surface area contributed by atoms with Gasteiger partial charge < -0.3 is 73.2 Å². The lowest BCUT2D eigenvalue weighted by Crippen LogP contribution is -2.67. The standard InChI is InChI=1S/C27H51N9O9/c1-27(40)12-42-25(20(39)23(27)32-2)44-21-13(8-18(37)36(41)6-5-34-26(30)31)7-16(29)22(19(21)38)45-24-17(35-14-10-33-11-14)4-3-15(9-28)43-24/h3,13-14,16-17,19-25,32-33,35,38-41H,4-12,28-29H2,1-2H3,(H4,30,31,34)/t13-,16-,17+,19+,20+,21-,22?,23+,24+,25+,27-/m0/s1. The number of hydroxylamine groups is 2. The second kappa shape index (κ2) is 15.6. The van der Waals surface area contributed by atoms with Gasteiger partial charge in [0, 0.05) is 31.6 Å². The van der Waals surface area contributed by atoms with E-state index in [1.54, 1.807) is 7.05 Å². The minimum Gasteiger partial charge on any atom is -0.467 e. The predicted molar refractivity (Wildman–Crippen MR) is 160 cm³/mol. The predicted octanol–water partition coefficient (Wildman–Crippen LogP) is -5.08. The number of aliphatic hydroxyl groups is 3. The smallest absolute Gasteiger partial charge is 0.246 e. The van der Waals surface area contributed by atoms with Crippen LogP contribution in [0.2, 0.25) is 0 Å². The van der Waals surface area contributed by atoms with Gasteiger partial charge in [-0.3, -0.25) is 15.0 Å². The summed E-state index contributed by atoms with van der Waals surface area (Å²) in [5.74, 6) is -1.04. The highest BCUT2D eigenvalue weighted by Gasteiger charge is 2.52. The average Bonchev–Trinajstić information content (AvgIpc) is 2.96. The average molecular weight is 646 g/mol. The molecule has 0 aromatic carbocycles. The number of aliphatic hydroxyl groups excluding tert-OH is 2. The number of guanidine groups is 1. The highest BCUT2D eigenvalue weighted by molar-refractivity contribution is 5.76. The molecule has 0 aromatic heterocycles. The maximum absolute atomic E-state index is 13.0. The number of likely N-dealkylation sites (N-methyl/N-ethyl adjacent to an activating group) is 1. The quantitative estimate of drug-likeness (QED) is 0.0386. The van der Waals surface area contributed by atoms with E-state index in [2.05, 4.69) is 20.9 Å². The molecule has 18 heteroatoms. The Bertz CT molecular complexity index is 1050. The third kappa shape index (κ3) is 8.79. The first kappa shape index (κ1) is 35.7. The Hall–Kier alpha value is -2.20. The first-order valence-electron chi connectivity index (χ1n) is 15.4. The summed E-state index contributed by atoms with van der Waals surface area (Å²) in [6.45, 7) is 2.92. The Morgan fingerprint density at radius 1 is 1.22 bits per heavy atom. The highest BCUT2D eigenvalue weighted by Crippen LogP contribution is 2.36. The molecule has 0 radical (unpaired) electrons. The largest absolute Gasteiger partial charge is 0.467 e. The van der Waals surface area contributed by atoms with Crippen LogP contribution in [-0.2, 0) is 23.7 Å². The number of hydrogen-bond donors (Lipinski definition) is 11. The second-order valence-corrected chi connectivity index (χ2v) is 12.4. The molecule has 1 aliphatic carbocycles. The zero-order valence-corrected chi connectivity index (χ0v) is 25.8. The maximum Gasteiger partial charge on any atom is 0.246 e. The van der Waals surface area contributed by atoms with E-state index in [0.717, 1.165) is 13.1 Å². The lowest BCUT2D eigenvalue weighted by atomic mass is 9.77. The van der Waals surface area contributed by atoms with Gasteiger partial charge in [-0.2, -0.15) is 0 Å². The van der Waals surface area contributed by atoms with Crippen molar-refractivity contribution in [1.82, 2.24) is 21.0 Å². The molecule has 15 N–H and O–H groups in total. The zero-order valence-electron chi connectivity index (χ0n) is 25.8. The van der Waals surface area contributed by atoms with Gasteiger partial charge in [-0.05, 0) is 38.8 Å². The Morgan fingerprint density at radius 2 is 1.93 bits per heavy atom. The number of aliphatic imine (C=N–C) groups is 1. The van der Waals surface area contributed by atoms with Gasteiger partial charge in [0.25, 0.3) is 0 Å². The third-order valence-corrected chi connectivity index (χ3v) is 8.82. The number of rotatable bonds is 13. The molecule has 1 saturated carbocycles. The van der Waals surface area contributed by atoms with Gasteiger partial charge in [-0.1, -0.05) is 0 Å². The van der Waals surface area contributed by atoms with Crippen molar-refractivity contribution in [3.05, 3.63) is 11.8 Å². The molecule has 45 heavy (non-hydrogen) atoms. The fourth-order valence-corrected chi connectivity index (χ4v) is 6.27. The molecule has 3 heterocycles. The molecular weight excluding hydrogens is 594 g/mol. The van der Waals surface area contributed by atoms with Gasteiger partial charge in [-0.15, -0.1) is 0 Å². The van der Waals surface area contributed by atoms with Crippen LogP contribution in [0.5, 0.6) is 0 Å². The molecule has 1 unspecified atom stereocenters. The molecule has 3 fully saturated rings. The monoisotopic (exact) mass is 645 g/mol. The maximum atomic E-state index is 13.0. The minimum absolute atomic E-state index is 0.0204. The molecule has 18 nitrogen and oxygen atoms in total. The topological polar surface area (TPSA) is 291 Å². The van der Waals surface area contributed by atoms with Crippen molar-refractivity contribution in [2.75, 3.05) is 46.4 Å². The number of carbonyl (C=O) groups is 1. The van der Waals surface area contributed by atoms with E-state index < -0.39 is 66.5 Å². The molecular formula is C27H51N9O9. The molecule has 0 aromatic rings. The Labute approximate surface area is 262 Å². The number of nitrogens with one attached hydrogen (secondary N) is 3. The lowest BCUT2D eigenvalue weighted by Gasteiger charge is -2.49. The SMILES string of the molecule is CN[C@@H]1[C@@H](O)[C@@H](O[C@H]2[C@H](CC(=O)N(O)CCN=C(N)N)C[C@H](N)C(O[C@H]3OC(CN)=CC[C@H]3NC3CNC3)[C@@H]2O)OC[C@]1(C)O. The molecule has 0 bridgehead atoms. The number of ether oxygens (including phenoxy) is 4. The van der Waals surface area contributed by atoms with E-state index in [4.69, 9.17) is 41.9 Å². The molecule has 2 saturated heterocycles. The van der Waals surface area contributed by atoms with Crippen molar-refractivity contribution in [3.8, 4) is 0 Å². The van der Waals surface area contributed by atoms with Gasteiger partial charge in [-0.25, -0.2) is 5.06 Å². The van der Waals surface area contributed by atoms with Gasteiger partial charge in [0.2, 0.25) is 12.2 Å². The van der Waals surface area contributed by atoms with Crippen molar-refractivity contribution in [2.45, 2.75) is 93.0 Å². The van der Waals surface area contributed by atoms with Gasteiger partial charge in [0.1, 0.15) is 29.7 Å². The van der Waals surface area contributed by atoms with Crippen LogP contribution >= 0.6 is 0 Å². The lowest BCUT2D eigenvalue weighted by molar-refractivity contribution is -0.308. The summed E-state index contributed by atoms with van der Waals surface area (Å²) < 4.78 is 24.3. The number of nitrogens with two attached hydrogens (primary N) is 4. The van der Waals surface area contributed by atoms with Crippen LogP contribution in [0.3, 0.4) is 0 Å². The van der Waals surface area contributed by atoms with Gasteiger partial charge in [0.15, 0.2) is 12.2 Å². The third-order valence-electron chi connectivity index (χ3n) is 8.82. The van der Waals surface area contributed by atoms with E-state index in [1.165, 1.54) is 6.92 Å². The summed E-state index contributed by atoms with van der Waals surface area (Å²) in [5.41, 5.74) is 21.7. The van der Waals surface area contributed by atoms with Gasteiger partial charge in [0.05, 0.1) is 44.4 Å². The molecule has 4 aliphatic rings. The normalized spacial score (nSPS) is 38.9. The number of carbonyl (C=O) groups excluding carboxylic acids is 1. The van der Waals surface area contributed by atoms with Crippen molar-refractivity contribution < 1.29 is 44.3 Å². The van der Waals surface area contributed by atoms with Crippen LogP contribution in [0.25, 0.3) is 0 Å². The number of hydrogen-bond acceptors (Lipinski definition) is 15. The van der Waals surface area contributed by atoms with Crippen LogP contribution in [0.15, 0.2) is 16.8 Å². The molecule has 4 rings (SSSR count). The molecule has 1 amide bonds.